The van der Waals surface area contributed by atoms with Crippen LogP contribution >= 0.6 is 15.9 Å². The number of carbonyl (C=O) groups is 2. The van der Waals surface area contributed by atoms with Gasteiger partial charge < -0.3 is 0 Å². The Balaban J connectivity index is 1.99. The van der Waals surface area contributed by atoms with Gasteiger partial charge in [-0.2, -0.15) is 0 Å². The number of carbonyl (C=O) groups excluding carboxylic acids is 2. The maximum absolute atomic E-state index is 12.5. The van der Waals surface area contributed by atoms with E-state index in [0.717, 1.165) is 22.9 Å². The van der Waals surface area contributed by atoms with E-state index in [-0.39, 0.29) is 23.7 Å². The summed E-state index contributed by atoms with van der Waals surface area (Å²) in [6.07, 6.45) is 1.68. The molecule has 4 heteroatoms. The molecule has 1 aliphatic heterocycles. The Hall–Kier alpha value is -1.16. The smallest absolute Gasteiger partial charge is 0.237 e. The largest absolute Gasteiger partial charge is 0.274 e. The second-order valence-corrected chi connectivity index (χ2v) is 6.61. The van der Waals surface area contributed by atoms with Crippen molar-refractivity contribution in [2.24, 2.45) is 17.8 Å². The van der Waals surface area contributed by atoms with Crippen LogP contribution in [0.4, 0.5) is 5.69 Å². The lowest BCUT2D eigenvalue weighted by Gasteiger charge is -2.18. The Morgan fingerprint density at radius 1 is 1.16 bits per heavy atom. The van der Waals surface area contributed by atoms with Gasteiger partial charge in [0.2, 0.25) is 11.8 Å². The Morgan fingerprint density at radius 2 is 1.74 bits per heavy atom. The van der Waals surface area contributed by atoms with E-state index in [1.807, 2.05) is 25.1 Å². The number of anilines is 1. The Bertz CT molecular complexity index is 545. The minimum absolute atomic E-state index is 0.0242. The lowest BCUT2D eigenvalue weighted by molar-refractivity contribution is -0.123. The highest BCUT2D eigenvalue weighted by molar-refractivity contribution is 9.10. The van der Waals surface area contributed by atoms with Crippen molar-refractivity contribution >= 4 is 33.4 Å². The predicted octanol–water partition coefficient (Wildman–Crippen LogP) is 3.29. The molecule has 1 aromatic rings. The summed E-state index contributed by atoms with van der Waals surface area (Å²) < 4.78 is 0.808. The van der Waals surface area contributed by atoms with Gasteiger partial charge in [0.15, 0.2) is 0 Å². The van der Waals surface area contributed by atoms with Crippen molar-refractivity contribution in [1.82, 2.24) is 0 Å². The van der Waals surface area contributed by atoms with Crippen LogP contribution in [0.1, 0.15) is 25.3 Å². The zero-order valence-electron chi connectivity index (χ0n) is 11.0. The molecule has 1 aromatic carbocycles. The molecule has 2 unspecified atom stereocenters. The number of fused-ring (bicyclic) bond motifs is 1. The molecule has 1 aliphatic carbocycles. The van der Waals surface area contributed by atoms with E-state index in [1.54, 1.807) is 0 Å². The van der Waals surface area contributed by atoms with Gasteiger partial charge >= 0.3 is 0 Å². The van der Waals surface area contributed by atoms with E-state index >= 15 is 0 Å². The third-order valence-electron chi connectivity index (χ3n) is 4.22. The number of benzene rings is 1. The van der Waals surface area contributed by atoms with Crippen molar-refractivity contribution in [1.29, 1.82) is 0 Å². The SMILES string of the molecule is Cc1ccc(N2C(=O)C3CC(C)CC3C2=O)c(Br)c1. The molecular formula is C15H16BrNO2. The van der Waals surface area contributed by atoms with Crippen molar-refractivity contribution in [2.75, 3.05) is 4.90 Å². The Labute approximate surface area is 121 Å². The molecule has 0 aromatic heterocycles. The number of rotatable bonds is 1. The molecule has 3 nitrogen and oxygen atoms in total. The Kier molecular flexibility index (Phi) is 3.01. The topological polar surface area (TPSA) is 37.4 Å². The van der Waals surface area contributed by atoms with Gasteiger partial charge in [-0.25, -0.2) is 4.90 Å². The second kappa shape index (κ2) is 4.44. The number of halogens is 1. The van der Waals surface area contributed by atoms with Gasteiger partial charge in [0, 0.05) is 4.47 Å². The maximum atomic E-state index is 12.5. The van der Waals surface area contributed by atoms with E-state index in [1.165, 1.54) is 4.90 Å². The normalized spacial score (nSPS) is 30.1. The molecule has 2 aliphatic rings. The fourth-order valence-corrected chi connectivity index (χ4v) is 3.98. The number of imide groups is 1. The molecule has 0 spiro atoms. The fraction of sp³-hybridized carbons (Fsp3) is 0.467. The lowest BCUT2D eigenvalue weighted by Crippen LogP contribution is -2.32. The minimum atomic E-state index is -0.101. The Morgan fingerprint density at radius 3 is 2.26 bits per heavy atom. The van der Waals surface area contributed by atoms with Crippen molar-refractivity contribution in [3.8, 4) is 0 Å². The van der Waals surface area contributed by atoms with Crippen LogP contribution in [0.2, 0.25) is 0 Å². The van der Waals surface area contributed by atoms with Gasteiger partial charge in [0.1, 0.15) is 0 Å². The van der Waals surface area contributed by atoms with Crippen LogP contribution in [0.15, 0.2) is 22.7 Å². The van der Waals surface area contributed by atoms with Crippen LogP contribution in [0.3, 0.4) is 0 Å². The summed E-state index contributed by atoms with van der Waals surface area (Å²) in [6.45, 7) is 4.10. The first-order chi connectivity index (χ1) is 8.99. The van der Waals surface area contributed by atoms with Gasteiger partial charge in [0.05, 0.1) is 17.5 Å². The highest BCUT2D eigenvalue weighted by Gasteiger charge is 2.52. The third-order valence-corrected chi connectivity index (χ3v) is 4.85. The van der Waals surface area contributed by atoms with Crippen LogP contribution in [0.5, 0.6) is 0 Å². The quantitative estimate of drug-likeness (QED) is 0.744. The molecule has 0 bridgehead atoms. The first-order valence-electron chi connectivity index (χ1n) is 6.63. The van der Waals surface area contributed by atoms with Crippen molar-refractivity contribution in [3.63, 3.8) is 0 Å². The summed E-state index contributed by atoms with van der Waals surface area (Å²) in [5.41, 5.74) is 1.78. The summed E-state index contributed by atoms with van der Waals surface area (Å²) in [6, 6.07) is 5.71. The summed E-state index contributed by atoms with van der Waals surface area (Å²) in [4.78, 5) is 26.3. The molecule has 0 radical (unpaired) electrons. The molecule has 1 saturated heterocycles. The standard InChI is InChI=1S/C15H16BrNO2/c1-8-3-4-13(12(16)7-8)17-14(18)10-5-9(2)6-11(10)15(17)19/h3-4,7,9-11H,5-6H2,1-2H3. The van der Waals surface area contributed by atoms with Gasteiger partial charge in [-0.3, -0.25) is 9.59 Å². The van der Waals surface area contributed by atoms with Crippen molar-refractivity contribution < 1.29 is 9.59 Å². The second-order valence-electron chi connectivity index (χ2n) is 5.76. The van der Waals surface area contributed by atoms with Gasteiger partial charge in [0.25, 0.3) is 0 Å². The first kappa shape index (κ1) is 12.9. The molecule has 1 saturated carbocycles. The summed E-state index contributed by atoms with van der Waals surface area (Å²) in [5.74, 6) is 0.228. The zero-order valence-corrected chi connectivity index (χ0v) is 12.6. The number of amides is 2. The van der Waals surface area contributed by atoms with E-state index < -0.39 is 0 Å². The summed E-state index contributed by atoms with van der Waals surface area (Å²) >= 11 is 3.46. The number of hydrogen-bond acceptors (Lipinski definition) is 2. The molecule has 1 heterocycles. The molecule has 0 N–H and O–H groups in total. The van der Waals surface area contributed by atoms with E-state index in [2.05, 4.69) is 22.9 Å². The van der Waals surface area contributed by atoms with E-state index in [0.29, 0.717) is 11.6 Å². The summed E-state index contributed by atoms with van der Waals surface area (Å²) in [5, 5.41) is 0. The van der Waals surface area contributed by atoms with E-state index in [9.17, 15) is 9.59 Å². The van der Waals surface area contributed by atoms with E-state index in [4.69, 9.17) is 0 Å². The highest BCUT2D eigenvalue weighted by atomic mass is 79.9. The van der Waals surface area contributed by atoms with Crippen molar-refractivity contribution in [3.05, 3.63) is 28.2 Å². The van der Waals surface area contributed by atoms with Crippen LogP contribution < -0.4 is 4.90 Å². The molecule has 3 rings (SSSR count). The average molecular weight is 322 g/mol. The molecule has 2 atom stereocenters. The molecular weight excluding hydrogens is 306 g/mol. The van der Waals surface area contributed by atoms with Crippen LogP contribution in [-0.2, 0) is 9.59 Å². The maximum Gasteiger partial charge on any atom is 0.237 e. The number of nitrogens with zero attached hydrogens (tertiary/aromatic N) is 1. The van der Waals surface area contributed by atoms with Crippen LogP contribution in [-0.4, -0.2) is 11.8 Å². The highest BCUT2D eigenvalue weighted by Crippen LogP contribution is 2.45. The monoisotopic (exact) mass is 321 g/mol. The van der Waals surface area contributed by atoms with Crippen LogP contribution in [0, 0.1) is 24.7 Å². The molecule has 19 heavy (non-hydrogen) atoms. The first-order valence-corrected chi connectivity index (χ1v) is 7.42. The van der Waals surface area contributed by atoms with Gasteiger partial charge in [-0.15, -0.1) is 0 Å². The zero-order chi connectivity index (χ0) is 13.7. The van der Waals surface area contributed by atoms with Gasteiger partial charge in [-0.05, 0) is 59.3 Å². The fourth-order valence-electron chi connectivity index (χ4n) is 3.31. The summed E-state index contributed by atoms with van der Waals surface area (Å²) in [7, 11) is 0. The third kappa shape index (κ3) is 1.93. The molecule has 2 fully saturated rings. The van der Waals surface area contributed by atoms with Gasteiger partial charge in [-0.1, -0.05) is 13.0 Å². The minimum Gasteiger partial charge on any atom is -0.274 e. The predicted molar refractivity (Wildman–Crippen MR) is 76.8 cm³/mol. The number of hydrogen-bond donors (Lipinski definition) is 0. The number of aryl methyl sites for hydroxylation is 1. The van der Waals surface area contributed by atoms with Crippen molar-refractivity contribution in [2.45, 2.75) is 26.7 Å². The average Bonchev–Trinajstić information content (AvgIpc) is 2.82. The van der Waals surface area contributed by atoms with Crippen LogP contribution in [0.25, 0.3) is 0 Å². The molecule has 100 valence electrons. The molecule has 2 amide bonds. The lowest BCUT2D eigenvalue weighted by atomic mass is 10.00.